The number of ether oxygens (including phenoxy) is 1. The third-order valence-corrected chi connectivity index (χ3v) is 2.48. The van der Waals surface area contributed by atoms with Crippen molar-refractivity contribution in [1.82, 2.24) is 10.2 Å². The number of nitrogens with zero attached hydrogens (tertiary/aromatic N) is 1. The third-order valence-electron chi connectivity index (χ3n) is 2.48. The summed E-state index contributed by atoms with van der Waals surface area (Å²) in [6, 6.07) is -0.314. The van der Waals surface area contributed by atoms with E-state index in [9.17, 15) is 9.59 Å². The van der Waals surface area contributed by atoms with Crippen molar-refractivity contribution >= 4 is 11.9 Å². The molecule has 2 rings (SSSR count). The van der Waals surface area contributed by atoms with Gasteiger partial charge in [0, 0.05) is 6.10 Å². The first-order chi connectivity index (χ1) is 7.75. The van der Waals surface area contributed by atoms with Crippen molar-refractivity contribution in [2.45, 2.75) is 45.4 Å². The monoisotopic (exact) mass is 244 g/mol. The Morgan fingerprint density at radius 3 is 2.29 bits per heavy atom. The van der Waals surface area contributed by atoms with Gasteiger partial charge < -0.3 is 14.7 Å². The van der Waals surface area contributed by atoms with Gasteiger partial charge in [0.05, 0.1) is 19.3 Å². The second-order valence-electron chi connectivity index (χ2n) is 4.98. The van der Waals surface area contributed by atoms with Crippen LogP contribution in [0, 0.1) is 0 Å². The van der Waals surface area contributed by atoms with Crippen LogP contribution in [0.4, 0.5) is 4.79 Å². The molecular weight excluding hydrogens is 224 g/mol. The summed E-state index contributed by atoms with van der Waals surface area (Å²) in [6.45, 7) is 8.10. The van der Waals surface area contributed by atoms with Gasteiger partial charge in [-0.15, -0.1) is 0 Å². The van der Waals surface area contributed by atoms with E-state index in [1.54, 1.807) is 27.7 Å². The Morgan fingerprint density at radius 1 is 1.53 bits per heavy atom. The molecule has 0 aromatic heterocycles. The fourth-order valence-electron chi connectivity index (χ4n) is 1.38. The van der Waals surface area contributed by atoms with Crippen LogP contribution in [-0.2, 0) is 9.53 Å². The number of aliphatic hydroxyl groups excluding tert-OH is 1. The molecule has 2 heterocycles. The average molecular weight is 244 g/mol. The highest BCUT2D eigenvalue weighted by Crippen LogP contribution is 2.23. The molecule has 0 bridgehead atoms. The minimum atomic E-state index is -0.733. The number of imide groups is 1. The summed E-state index contributed by atoms with van der Waals surface area (Å²) >= 11 is 0. The molecule has 6 heteroatoms. The molecule has 2 aliphatic rings. The normalized spacial score (nSPS) is 25.5. The Labute approximate surface area is 101 Å². The molecule has 0 saturated carbocycles. The van der Waals surface area contributed by atoms with Crippen molar-refractivity contribution < 1.29 is 19.4 Å². The number of amides is 3. The molecule has 0 spiro atoms. The summed E-state index contributed by atoms with van der Waals surface area (Å²) in [5.74, 6) is -0.238. The molecule has 2 aliphatic heterocycles. The Kier molecular flexibility index (Phi) is 4.11. The van der Waals surface area contributed by atoms with Gasteiger partial charge in [0.15, 0.2) is 0 Å². The maximum atomic E-state index is 11.3. The number of hydrogen-bond acceptors (Lipinski definition) is 4. The maximum Gasteiger partial charge on any atom is 0.325 e. The van der Waals surface area contributed by atoms with Crippen LogP contribution >= 0.6 is 0 Å². The molecule has 2 N–H and O–H groups in total. The van der Waals surface area contributed by atoms with Crippen LogP contribution in [0.5, 0.6) is 0 Å². The van der Waals surface area contributed by atoms with Crippen molar-refractivity contribution in [3.05, 3.63) is 0 Å². The summed E-state index contributed by atoms with van der Waals surface area (Å²) in [4.78, 5) is 24.1. The largest absolute Gasteiger partial charge is 0.394 e. The van der Waals surface area contributed by atoms with E-state index in [1.807, 2.05) is 0 Å². The van der Waals surface area contributed by atoms with Gasteiger partial charge in [-0.3, -0.25) is 10.1 Å². The van der Waals surface area contributed by atoms with Crippen LogP contribution < -0.4 is 5.32 Å². The molecular formula is C11H20N2O4. The minimum Gasteiger partial charge on any atom is -0.394 e. The Bertz CT molecular complexity index is 308. The van der Waals surface area contributed by atoms with E-state index < -0.39 is 5.54 Å². The van der Waals surface area contributed by atoms with Crippen molar-refractivity contribution in [3.8, 4) is 0 Å². The van der Waals surface area contributed by atoms with Crippen molar-refractivity contribution in [2.24, 2.45) is 0 Å². The summed E-state index contributed by atoms with van der Waals surface area (Å²) in [6.07, 6.45) is -0.0454. The molecule has 6 nitrogen and oxygen atoms in total. The summed E-state index contributed by atoms with van der Waals surface area (Å²) in [5.41, 5.74) is -0.733. The number of urea groups is 1. The quantitative estimate of drug-likeness (QED) is 0.533. The smallest absolute Gasteiger partial charge is 0.325 e. The van der Waals surface area contributed by atoms with Crippen LogP contribution in [0.3, 0.4) is 0 Å². The van der Waals surface area contributed by atoms with Crippen LogP contribution in [0.2, 0.25) is 0 Å². The molecule has 1 atom stereocenters. The molecule has 98 valence electrons. The summed E-state index contributed by atoms with van der Waals surface area (Å²) in [5, 5.41) is 10.3. The number of nitrogens with one attached hydrogen (secondary N) is 1. The maximum absolute atomic E-state index is 11.3. The van der Waals surface area contributed by atoms with E-state index in [4.69, 9.17) is 9.84 Å². The zero-order chi connectivity index (χ0) is 13.2. The van der Waals surface area contributed by atoms with Gasteiger partial charge in [-0.2, -0.15) is 0 Å². The average Bonchev–Trinajstić information content (AvgIpc) is 2.92. The van der Waals surface area contributed by atoms with Crippen molar-refractivity contribution in [3.63, 3.8) is 0 Å². The standard InChI is InChI=1S/C8H12N2O3.C3H8O/c1-8(2)6(11)9-7(12)10(8)3-5-4-13-5;1-3(2)4/h5H,3-4H2,1-2H3,(H,9,11,12);3-4H,1-2H3. The van der Waals surface area contributed by atoms with Crippen LogP contribution in [0.1, 0.15) is 27.7 Å². The van der Waals surface area contributed by atoms with Crippen molar-refractivity contribution in [1.29, 1.82) is 0 Å². The van der Waals surface area contributed by atoms with Gasteiger partial charge in [0.2, 0.25) is 0 Å². The van der Waals surface area contributed by atoms with E-state index in [-0.39, 0.29) is 24.1 Å². The molecule has 2 fully saturated rings. The summed E-state index contributed by atoms with van der Waals surface area (Å²) < 4.78 is 5.01. The number of carbonyl (C=O) groups excluding carboxylic acids is 2. The highest BCUT2D eigenvalue weighted by atomic mass is 16.6. The van der Waals surface area contributed by atoms with Crippen molar-refractivity contribution in [2.75, 3.05) is 13.2 Å². The zero-order valence-electron chi connectivity index (χ0n) is 10.7. The fourth-order valence-corrected chi connectivity index (χ4v) is 1.38. The Morgan fingerprint density at radius 2 is 2.00 bits per heavy atom. The fraction of sp³-hybridized carbons (Fsp3) is 0.818. The van der Waals surface area contributed by atoms with Gasteiger partial charge in [0.25, 0.3) is 5.91 Å². The lowest BCUT2D eigenvalue weighted by Gasteiger charge is -2.26. The second-order valence-corrected chi connectivity index (χ2v) is 4.98. The second kappa shape index (κ2) is 5.01. The lowest BCUT2D eigenvalue weighted by molar-refractivity contribution is -0.125. The summed E-state index contributed by atoms with van der Waals surface area (Å²) in [7, 11) is 0. The van der Waals surface area contributed by atoms with E-state index in [0.29, 0.717) is 13.2 Å². The molecule has 3 amide bonds. The number of rotatable bonds is 2. The van der Waals surface area contributed by atoms with E-state index in [2.05, 4.69) is 5.32 Å². The number of hydrogen-bond donors (Lipinski definition) is 2. The van der Waals surface area contributed by atoms with Gasteiger partial charge in [0.1, 0.15) is 5.54 Å². The number of carbonyl (C=O) groups is 2. The number of aliphatic hydroxyl groups is 1. The SMILES string of the molecule is CC(C)O.CC1(C)C(=O)NC(=O)N1CC1CO1. The zero-order valence-corrected chi connectivity index (χ0v) is 10.7. The Balaban J connectivity index is 0.000000317. The van der Waals surface area contributed by atoms with E-state index in [1.165, 1.54) is 4.90 Å². The first-order valence-electron chi connectivity index (χ1n) is 5.68. The lowest BCUT2D eigenvalue weighted by atomic mass is 10.0. The molecule has 0 aromatic rings. The first-order valence-corrected chi connectivity index (χ1v) is 5.68. The van der Waals surface area contributed by atoms with Gasteiger partial charge in [-0.05, 0) is 27.7 Å². The topological polar surface area (TPSA) is 82.2 Å². The molecule has 2 saturated heterocycles. The van der Waals surface area contributed by atoms with E-state index >= 15 is 0 Å². The minimum absolute atomic E-state index is 0.121. The molecule has 0 aromatic carbocycles. The molecule has 0 radical (unpaired) electrons. The van der Waals surface area contributed by atoms with E-state index in [0.717, 1.165) is 0 Å². The molecule has 17 heavy (non-hydrogen) atoms. The predicted molar refractivity (Wildman–Crippen MR) is 61.4 cm³/mol. The first kappa shape index (κ1) is 13.9. The van der Waals surface area contributed by atoms with Crippen LogP contribution in [-0.4, -0.2) is 52.8 Å². The van der Waals surface area contributed by atoms with Crippen LogP contribution in [0.15, 0.2) is 0 Å². The lowest BCUT2D eigenvalue weighted by Crippen LogP contribution is -2.45. The molecule has 0 aliphatic carbocycles. The van der Waals surface area contributed by atoms with Gasteiger partial charge >= 0.3 is 6.03 Å². The predicted octanol–water partition coefficient (Wildman–Crippen LogP) is 0.103. The van der Waals surface area contributed by atoms with Crippen LogP contribution in [0.25, 0.3) is 0 Å². The number of epoxide rings is 1. The van der Waals surface area contributed by atoms with Gasteiger partial charge in [-0.1, -0.05) is 0 Å². The highest BCUT2D eigenvalue weighted by Gasteiger charge is 2.47. The third kappa shape index (κ3) is 3.67. The highest BCUT2D eigenvalue weighted by molar-refractivity contribution is 6.06. The molecule has 1 unspecified atom stereocenters. The van der Waals surface area contributed by atoms with Gasteiger partial charge in [-0.25, -0.2) is 4.79 Å². The Hall–Kier alpha value is -1.14.